The maximum absolute atomic E-state index is 11.3. The van der Waals surface area contributed by atoms with Gasteiger partial charge in [0.1, 0.15) is 11.3 Å². The van der Waals surface area contributed by atoms with E-state index in [4.69, 9.17) is 9.15 Å². The largest absolute Gasteiger partial charge is 0.504 e. The molecular formula is C25H26N4O5. The second-order valence-electron chi connectivity index (χ2n) is 8.37. The first kappa shape index (κ1) is 22.0. The summed E-state index contributed by atoms with van der Waals surface area (Å²) in [5.74, 6) is 1.06. The molecule has 0 saturated carbocycles. The quantitative estimate of drug-likeness (QED) is 0.513. The molecule has 34 heavy (non-hydrogen) atoms. The summed E-state index contributed by atoms with van der Waals surface area (Å²) in [6.45, 7) is 5.23. The molecule has 0 aliphatic carbocycles. The molecule has 1 saturated heterocycles. The molecule has 3 aromatic rings. The van der Waals surface area contributed by atoms with Crippen molar-refractivity contribution in [3.63, 3.8) is 0 Å². The number of carboxylic acid groups (broad SMARTS) is 1. The highest BCUT2D eigenvalue weighted by Gasteiger charge is 2.25. The van der Waals surface area contributed by atoms with Gasteiger partial charge in [0.2, 0.25) is 0 Å². The van der Waals surface area contributed by atoms with Crippen LogP contribution in [0.1, 0.15) is 30.2 Å². The fraction of sp³-hybridized carbons (Fsp3) is 0.320. The van der Waals surface area contributed by atoms with Gasteiger partial charge in [0, 0.05) is 44.4 Å². The van der Waals surface area contributed by atoms with Crippen LogP contribution < -0.4 is 4.74 Å². The van der Waals surface area contributed by atoms with Crippen LogP contribution in [0, 0.1) is 0 Å². The van der Waals surface area contributed by atoms with Crippen LogP contribution in [0.15, 0.2) is 51.0 Å². The zero-order valence-electron chi connectivity index (χ0n) is 18.9. The van der Waals surface area contributed by atoms with Crippen molar-refractivity contribution in [2.45, 2.75) is 19.9 Å². The Balaban J connectivity index is 1.51. The zero-order chi connectivity index (χ0) is 23.7. The molecule has 1 fully saturated rings. The van der Waals surface area contributed by atoms with Crippen LogP contribution in [-0.2, 0) is 6.54 Å². The van der Waals surface area contributed by atoms with E-state index in [9.17, 15) is 15.0 Å². The first-order chi connectivity index (χ1) is 16.5. The van der Waals surface area contributed by atoms with Crippen LogP contribution in [0.5, 0.6) is 11.5 Å². The van der Waals surface area contributed by atoms with E-state index in [1.54, 1.807) is 12.1 Å². The molecule has 0 bridgehead atoms. The monoisotopic (exact) mass is 462 g/mol. The SMILES string of the molecule is CCCOc1ccc2c(O)c(C=C3N=Nc4ccccc43)oc2c1CN1CCN(C(=O)O)CC1. The van der Waals surface area contributed by atoms with E-state index in [1.165, 1.54) is 4.90 Å². The summed E-state index contributed by atoms with van der Waals surface area (Å²) < 4.78 is 12.2. The number of aromatic hydroxyl groups is 1. The molecule has 9 heteroatoms. The van der Waals surface area contributed by atoms with Gasteiger partial charge >= 0.3 is 6.09 Å². The normalized spacial score (nSPS) is 17.0. The smallest absolute Gasteiger partial charge is 0.407 e. The lowest BCUT2D eigenvalue weighted by molar-refractivity contribution is 0.102. The highest BCUT2D eigenvalue weighted by atomic mass is 16.5. The molecule has 1 amide bonds. The molecule has 1 aromatic heterocycles. The number of hydrogen-bond donors (Lipinski definition) is 2. The Morgan fingerprint density at radius 2 is 1.94 bits per heavy atom. The average Bonchev–Trinajstić information content (AvgIpc) is 3.40. The molecule has 3 heterocycles. The van der Waals surface area contributed by atoms with E-state index < -0.39 is 6.09 Å². The van der Waals surface area contributed by atoms with Crippen molar-refractivity contribution < 1.29 is 24.2 Å². The molecule has 0 atom stereocenters. The minimum atomic E-state index is -0.895. The third-order valence-corrected chi connectivity index (χ3v) is 6.12. The number of nitrogens with zero attached hydrogens (tertiary/aromatic N) is 4. The molecule has 0 unspecified atom stereocenters. The van der Waals surface area contributed by atoms with E-state index in [2.05, 4.69) is 15.1 Å². The lowest BCUT2D eigenvalue weighted by Crippen LogP contribution is -2.47. The maximum atomic E-state index is 11.3. The fourth-order valence-electron chi connectivity index (χ4n) is 4.29. The third kappa shape index (κ3) is 4.10. The molecule has 5 rings (SSSR count). The molecule has 2 aliphatic rings. The first-order valence-electron chi connectivity index (χ1n) is 11.4. The average molecular weight is 463 g/mol. The number of amides is 1. The van der Waals surface area contributed by atoms with Crippen LogP contribution in [0.3, 0.4) is 0 Å². The summed E-state index contributed by atoms with van der Waals surface area (Å²) in [6, 6.07) is 11.3. The first-order valence-corrected chi connectivity index (χ1v) is 11.4. The Hall–Kier alpha value is -3.85. The third-order valence-electron chi connectivity index (χ3n) is 6.12. The van der Waals surface area contributed by atoms with Gasteiger partial charge in [-0.1, -0.05) is 25.1 Å². The number of benzene rings is 2. The number of rotatable bonds is 6. The van der Waals surface area contributed by atoms with E-state index in [-0.39, 0.29) is 5.75 Å². The van der Waals surface area contributed by atoms with Gasteiger partial charge in [-0.15, -0.1) is 10.2 Å². The summed E-state index contributed by atoms with van der Waals surface area (Å²) >= 11 is 0. The van der Waals surface area contributed by atoms with Gasteiger partial charge in [-0.25, -0.2) is 4.79 Å². The second-order valence-corrected chi connectivity index (χ2v) is 8.37. The van der Waals surface area contributed by atoms with Crippen LogP contribution in [-0.4, -0.2) is 58.9 Å². The van der Waals surface area contributed by atoms with E-state index in [1.807, 2.05) is 37.3 Å². The molecule has 0 spiro atoms. The van der Waals surface area contributed by atoms with Crippen molar-refractivity contribution in [1.82, 2.24) is 9.80 Å². The summed E-state index contributed by atoms with van der Waals surface area (Å²) in [6.07, 6.45) is 1.67. The minimum Gasteiger partial charge on any atom is -0.504 e. The van der Waals surface area contributed by atoms with Gasteiger partial charge in [0.15, 0.2) is 11.5 Å². The number of hydrogen-bond acceptors (Lipinski definition) is 7. The van der Waals surface area contributed by atoms with Gasteiger partial charge in [0.25, 0.3) is 0 Å². The van der Waals surface area contributed by atoms with Crippen molar-refractivity contribution in [1.29, 1.82) is 0 Å². The summed E-state index contributed by atoms with van der Waals surface area (Å²) in [7, 11) is 0. The standard InChI is InChI=1S/C25H26N4O5/c1-2-13-33-21-8-7-17-23(30)22(14-20-16-5-3-4-6-19(16)26-27-20)34-24(17)18(21)15-28-9-11-29(12-10-28)25(31)32/h3-8,14,30H,2,9-13,15H2,1H3,(H,31,32). The number of furan rings is 1. The number of carbonyl (C=O) groups is 1. The van der Waals surface area contributed by atoms with Crippen molar-refractivity contribution in [2.75, 3.05) is 32.8 Å². The molecule has 0 radical (unpaired) electrons. The summed E-state index contributed by atoms with van der Waals surface area (Å²) in [4.78, 5) is 14.8. The predicted molar refractivity (Wildman–Crippen MR) is 127 cm³/mol. The molecule has 2 aliphatic heterocycles. The molecule has 176 valence electrons. The predicted octanol–water partition coefficient (Wildman–Crippen LogP) is 5.32. The van der Waals surface area contributed by atoms with Crippen LogP contribution in [0.4, 0.5) is 10.5 Å². The number of ether oxygens (including phenoxy) is 1. The molecule has 9 nitrogen and oxygen atoms in total. The topological polar surface area (TPSA) is 111 Å². The Morgan fingerprint density at radius 3 is 2.71 bits per heavy atom. The summed E-state index contributed by atoms with van der Waals surface area (Å²) in [5.41, 5.74) is 3.68. The summed E-state index contributed by atoms with van der Waals surface area (Å²) in [5, 5.41) is 29.2. The van der Waals surface area contributed by atoms with E-state index >= 15 is 0 Å². The lowest BCUT2D eigenvalue weighted by atomic mass is 10.1. The highest BCUT2D eigenvalue weighted by Crippen LogP contribution is 2.42. The number of piperazine rings is 1. The Labute approximate surface area is 196 Å². The van der Waals surface area contributed by atoms with Gasteiger partial charge in [0.05, 0.1) is 28.9 Å². The maximum Gasteiger partial charge on any atom is 0.407 e. The second kappa shape index (κ2) is 9.18. The van der Waals surface area contributed by atoms with Crippen molar-refractivity contribution in [3.8, 4) is 11.5 Å². The molecular weight excluding hydrogens is 436 g/mol. The van der Waals surface area contributed by atoms with Crippen molar-refractivity contribution in [2.24, 2.45) is 10.2 Å². The van der Waals surface area contributed by atoms with Gasteiger partial charge in [-0.3, -0.25) is 4.90 Å². The van der Waals surface area contributed by atoms with Crippen LogP contribution in [0.2, 0.25) is 0 Å². The van der Waals surface area contributed by atoms with Gasteiger partial charge in [-0.05, 0) is 24.6 Å². The Bertz CT molecular complexity index is 1290. The van der Waals surface area contributed by atoms with Gasteiger partial charge in [-0.2, -0.15) is 0 Å². The van der Waals surface area contributed by atoms with Crippen LogP contribution >= 0.6 is 0 Å². The van der Waals surface area contributed by atoms with E-state index in [0.29, 0.717) is 67.5 Å². The molecule has 2 N–H and O–H groups in total. The van der Waals surface area contributed by atoms with E-state index in [0.717, 1.165) is 23.2 Å². The Morgan fingerprint density at radius 1 is 1.15 bits per heavy atom. The minimum absolute atomic E-state index is 0.0427. The zero-order valence-corrected chi connectivity index (χ0v) is 18.9. The number of fused-ring (bicyclic) bond motifs is 2. The van der Waals surface area contributed by atoms with Crippen molar-refractivity contribution >= 4 is 34.5 Å². The number of azo groups is 1. The fourth-order valence-corrected chi connectivity index (χ4v) is 4.29. The van der Waals surface area contributed by atoms with Crippen molar-refractivity contribution in [3.05, 3.63) is 53.3 Å². The highest BCUT2D eigenvalue weighted by molar-refractivity contribution is 5.95. The Kier molecular flexibility index (Phi) is 5.93. The molecule has 2 aromatic carbocycles. The lowest BCUT2D eigenvalue weighted by Gasteiger charge is -2.33. The van der Waals surface area contributed by atoms with Gasteiger partial charge < -0.3 is 24.3 Å². The van der Waals surface area contributed by atoms with Crippen LogP contribution in [0.25, 0.3) is 22.7 Å².